The van der Waals surface area contributed by atoms with Gasteiger partial charge in [0.25, 0.3) is 5.91 Å². The molecule has 0 radical (unpaired) electrons. The number of carbonyl (C=O) groups excluding carboxylic acids is 1. The Balaban J connectivity index is 1.78. The Morgan fingerprint density at radius 3 is 2.60 bits per heavy atom. The summed E-state index contributed by atoms with van der Waals surface area (Å²) in [6.45, 7) is 3.81. The third kappa shape index (κ3) is 5.77. The smallest absolute Gasteiger partial charge is 0.276 e. The molecule has 2 aromatic carbocycles. The van der Waals surface area contributed by atoms with E-state index in [0.717, 1.165) is 16.8 Å². The van der Waals surface area contributed by atoms with Crippen LogP contribution in [0.2, 0.25) is 10.0 Å². The van der Waals surface area contributed by atoms with E-state index in [0.29, 0.717) is 15.8 Å². The van der Waals surface area contributed by atoms with Crippen LogP contribution in [0, 0.1) is 13.8 Å². The monoisotopic (exact) mass is 397 g/mol. The van der Waals surface area contributed by atoms with Crippen LogP contribution in [0.15, 0.2) is 36.4 Å². The standard InChI is InChI=1S/C17H17Cl2N3O2S/c1-10-4-3-5-15(11(10)2)20-17(25)22-21-16(23)9-24-12-6-7-13(18)14(19)8-12/h3-8H,9H2,1-2H3,(H,21,23)(H2,20,22,25). The van der Waals surface area contributed by atoms with Gasteiger partial charge in [-0.15, -0.1) is 0 Å². The average molecular weight is 398 g/mol. The fraction of sp³-hybridized carbons (Fsp3) is 0.176. The summed E-state index contributed by atoms with van der Waals surface area (Å²) >= 11 is 16.9. The molecule has 0 fully saturated rings. The van der Waals surface area contributed by atoms with Crippen LogP contribution in [0.3, 0.4) is 0 Å². The van der Waals surface area contributed by atoms with Gasteiger partial charge in [0.1, 0.15) is 5.75 Å². The average Bonchev–Trinajstić information content (AvgIpc) is 2.58. The van der Waals surface area contributed by atoms with Crippen molar-refractivity contribution in [3.05, 3.63) is 57.6 Å². The molecule has 0 saturated heterocycles. The fourth-order valence-corrected chi connectivity index (χ4v) is 2.37. The van der Waals surface area contributed by atoms with Crippen molar-refractivity contribution in [2.24, 2.45) is 0 Å². The number of halogens is 2. The zero-order chi connectivity index (χ0) is 18.4. The number of hydrazine groups is 1. The topological polar surface area (TPSA) is 62.4 Å². The normalized spacial score (nSPS) is 10.1. The third-order valence-corrected chi connectivity index (χ3v) is 4.37. The van der Waals surface area contributed by atoms with E-state index < -0.39 is 5.91 Å². The number of amides is 1. The van der Waals surface area contributed by atoms with Crippen LogP contribution in [0.25, 0.3) is 0 Å². The second-order valence-electron chi connectivity index (χ2n) is 5.24. The van der Waals surface area contributed by atoms with Gasteiger partial charge in [0.05, 0.1) is 10.0 Å². The molecular weight excluding hydrogens is 381 g/mol. The maximum atomic E-state index is 11.8. The minimum Gasteiger partial charge on any atom is -0.484 e. The van der Waals surface area contributed by atoms with Gasteiger partial charge in [-0.25, -0.2) is 0 Å². The summed E-state index contributed by atoms with van der Waals surface area (Å²) < 4.78 is 5.33. The van der Waals surface area contributed by atoms with Crippen LogP contribution in [-0.2, 0) is 4.79 Å². The van der Waals surface area contributed by atoms with Gasteiger partial charge in [-0.05, 0) is 55.4 Å². The molecule has 25 heavy (non-hydrogen) atoms. The van der Waals surface area contributed by atoms with Crippen molar-refractivity contribution in [1.82, 2.24) is 10.9 Å². The lowest BCUT2D eigenvalue weighted by atomic mass is 10.1. The number of thiocarbonyl (C=S) groups is 1. The Bertz CT molecular complexity index is 799. The van der Waals surface area contributed by atoms with Crippen molar-refractivity contribution in [3.8, 4) is 5.75 Å². The molecule has 0 aliphatic carbocycles. The molecule has 0 heterocycles. The highest BCUT2D eigenvalue weighted by Crippen LogP contribution is 2.26. The minimum absolute atomic E-state index is 0.197. The van der Waals surface area contributed by atoms with Crippen molar-refractivity contribution in [2.75, 3.05) is 11.9 Å². The zero-order valence-corrected chi connectivity index (χ0v) is 16.0. The fourth-order valence-electron chi connectivity index (χ4n) is 1.92. The summed E-state index contributed by atoms with van der Waals surface area (Å²) in [4.78, 5) is 11.8. The summed E-state index contributed by atoms with van der Waals surface area (Å²) in [5, 5.41) is 4.08. The molecule has 1 amide bonds. The Morgan fingerprint density at radius 2 is 1.88 bits per heavy atom. The lowest BCUT2D eigenvalue weighted by Gasteiger charge is -2.14. The lowest BCUT2D eigenvalue weighted by Crippen LogP contribution is -2.45. The van der Waals surface area contributed by atoms with Gasteiger partial charge in [-0.1, -0.05) is 35.3 Å². The van der Waals surface area contributed by atoms with Gasteiger partial charge in [0, 0.05) is 11.8 Å². The Kier molecular flexibility index (Phi) is 6.87. The van der Waals surface area contributed by atoms with Gasteiger partial charge in [0.15, 0.2) is 11.7 Å². The zero-order valence-electron chi connectivity index (χ0n) is 13.7. The maximum absolute atomic E-state index is 11.8. The molecule has 2 rings (SSSR count). The van der Waals surface area contributed by atoms with Crippen molar-refractivity contribution in [3.63, 3.8) is 0 Å². The number of anilines is 1. The number of benzene rings is 2. The number of nitrogens with one attached hydrogen (secondary N) is 3. The molecule has 5 nitrogen and oxygen atoms in total. The van der Waals surface area contributed by atoms with E-state index in [-0.39, 0.29) is 11.7 Å². The highest BCUT2D eigenvalue weighted by atomic mass is 35.5. The van der Waals surface area contributed by atoms with E-state index in [1.54, 1.807) is 12.1 Å². The predicted octanol–water partition coefficient (Wildman–Crippen LogP) is 4.01. The first-order valence-corrected chi connectivity index (χ1v) is 8.53. The second-order valence-corrected chi connectivity index (χ2v) is 6.46. The minimum atomic E-state index is -0.392. The van der Waals surface area contributed by atoms with E-state index in [1.165, 1.54) is 6.07 Å². The molecule has 0 saturated carbocycles. The number of hydrogen-bond donors (Lipinski definition) is 3. The molecule has 0 spiro atoms. The number of rotatable bonds is 4. The molecule has 0 aromatic heterocycles. The van der Waals surface area contributed by atoms with Crippen LogP contribution in [0.4, 0.5) is 5.69 Å². The van der Waals surface area contributed by atoms with Gasteiger partial charge in [-0.3, -0.25) is 15.6 Å². The summed E-state index contributed by atoms with van der Waals surface area (Å²) in [5.41, 5.74) is 8.19. The van der Waals surface area contributed by atoms with Crippen LogP contribution >= 0.6 is 35.4 Å². The SMILES string of the molecule is Cc1cccc(NC(=S)NNC(=O)COc2ccc(Cl)c(Cl)c2)c1C. The molecular formula is C17H17Cl2N3O2S. The summed E-state index contributed by atoms with van der Waals surface area (Å²) in [6, 6.07) is 10.6. The van der Waals surface area contributed by atoms with E-state index in [2.05, 4.69) is 16.2 Å². The number of aryl methyl sites for hydroxylation is 1. The molecule has 0 aliphatic heterocycles. The van der Waals surface area contributed by atoms with E-state index >= 15 is 0 Å². The van der Waals surface area contributed by atoms with Crippen molar-refractivity contribution in [2.45, 2.75) is 13.8 Å². The van der Waals surface area contributed by atoms with Gasteiger partial charge in [-0.2, -0.15) is 0 Å². The number of hydrogen-bond acceptors (Lipinski definition) is 3. The molecule has 132 valence electrons. The first-order chi connectivity index (χ1) is 11.9. The van der Waals surface area contributed by atoms with Crippen molar-refractivity contribution >= 4 is 52.1 Å². The molecule has 0 aliphatic rings. The molecule has 2 aromatic rings. The first-order valence-electron chi connectivity index (χ1n) is 7.36. The van der Waals surface area contributed by atoms with Crippen LogP contribution in [-0.4, -0.2) is 17.6 Å². The van der Waals surface area contributed by atoms with Crippen LogP contribution in [0.1, 0.15) is 11.1 Å². The number of ether oxygens (including phenoxy) is 1. The number of carbonyl (C=O) groups is 1. The van der Waals surface area contributed by atoms with Crippen LogP contribution in [0.5, 0.6) is 5.75 Å². The quantitative estimate of drug-likeness (QED) is 0.537. The lowest BCUT2D eigenvalue weighted by molar-refractivity contribution is -0.123. The van der Waals surface area contributed by atoms with Crippen molar-refractivity contribution in [1.29, 1.82) is 0 Å². The largest absolute Gasteiger partial charge is 0.484 e. The van der Waals surface area contributed by atoms with Gasteiger partial charge < -0.3 is 10.1 Å². The second kappa shape index (κ2) is 8.89. The Morgan fingerprint density at radius 1 is 1.12 bits per heavy atom. The predicted molar refractivity (Wildman–Crippen MR) is 105 cm³/mol. The molecule has 8 heteroatoms. The first kappa shape index (κ1) is 19.3. The van der Waals surface area contributed by atoms with Gasteiger partial charge >= 0.3 is 0 Å². The molecule has 3 N–H and O–H groups in total. The van der Waals surface area contributed by atoms with Crippen LogP contribution < -0.4 is 20.9 Å². The molecule has 0 bridgehead atoms. The summed E-state index contributed by atoms with van der Waals surface area (Å²) in [7, 11) is 0. The van der Waals surface area contributed by atoms with Crippen molar-refractivity contribution < 1.29 is 9.53 Å². The Hall–Kier alpha value is -2.02. The van der Waals surface area contributed by atoms with E-state index in [1.807, 2.05) is 32.0 Å². The Labute approximate surface area is 161 Å². The third-order valence-electron chi connectivity index (χ3n) is 3.43. The summed E-state index contributed by atoms with van der Waals surface area (Å²) in [6.07, 6.45) is 0. The maximum Gasteiger partial charge on any atom is 0.276 e. The van der Waals surface area contributed by atoms with E-state index in [4.69, 9.17) is 40.2 Å². The highest BCUT2D eigenvalue weighted by Gasteiger charge is 2.07. The molecule has 0 atom stereocenters. The molecule has 0 unspecified atom stereocenters. The van der Waals surface area contributed by atoms with E-state index in [9.17, 15) is 4.79 Å². The summed E-state index contributed by atoms with van der Waals surface area (Å²) in [5.74, 6) is 0.0526. The van der Waals surface area contributed by atoms with Gasteiger partial charge in [0.2, 0.25) is 0 Å². The highest BCUT2D eigenvalue weighted by molar-refractivity contribution is 7.80.